The number of ether oxygens (including phenoxy) is 2. The van der Waals surface area contributed by atoms with E-state index in [1.165, 1.54) is 0 Å². The molecule has 8 heteroatoms. The Labute approximate surface area is 174 Å². The van der Waals surface area contributed by atoms with Crippen LogP contribution in [-0.2, 0) is 19.6 Å². The number of hydrogen-bond acceptors (Lipinski definition) is 5. The molecule has 0 bridgehead atoms. The zero-order valence-corrected chi connectivity index (χ0v) is 17.4. The first-order chi connectivity index (χ1) is 13.6. The van der Waals surface area contributed by atoms with Gasteiger partial charge in [-0.2, -0.15) is 5.10 Å². The topological polar surface area (TPSA) is 64.1 Å². The van der Waals surface area contributed by atoms with E-state index in [9.17, 15) is 0 Å². The van der Waals surface area contributed by atoms with Gasteiger partial charge in [0.15, 0.2) is 17.3 Å². The number of aromatic nitrogens is 3. The number of nitrogens with zero attached hydrogens (tertiary/aromatic N) is 2. The van der Waals surface area contributed by atoms with E-state index in [4.69, 9.17) is 33.3 Å². The summed E-state index contributed by atoms with van der Waals surface area (Å²) in [6.45, 7) is 3.13. The normalized spacial score (nSPS) is 10.7. The van der Waals surface area contributed by atoms with Crippen molar-refractivity contribution in [3.8, 4) is 11.5 Å². The minimum Gasteiger partial charge on any atom is -0.493 e. The Morgan fingerprint density at radius 2 is 1.89 bits per heavy atom. The fourth-order valence-electron chi connectivity index (χ4n) is 2.74. The number of nitrogens with one attached hydrogen (secondary N) is 2. The monoisotopic (exact) mass is 418 g/mol. The number of H-pyrrole nitrogens is 1. The van der Waals surface area contributed by atoms with E-state index >= 15 is 0 Å². The van der Waals surface area contributed by atoms with Crippen molar-refractivity contribution in [2.75, 3.05) is 12.5 Å². The van der Waals surface area contributed by atoms with Crippen molar-refractivity contribution in [3.63, 3.8) is 0 Å². The summed E-state index contributed by atoms with van der Waals surface area (Å²) in [5, 5.41) is 7.79. The Kier molecular flexibility index (Phi) is 6.95. The third-order valence-corrected chi connectivity index (χ3v) is 4.72. The molecule has 0 atom stereocenters. The maximum absolute atomic E-state index is 5.92. The SMILES string of the molecule is CCCc1n[nH]c(=S)n1NCc1ccc(OCc2ccc(Cl)cc2)c(OC)c1. The Hall–Kier alpha value is -2.51. The molecule has 0 fully saturated rings. The van der Waals surface area contributed by atoms with Gasteiger partial charge in [0.05, 0.1) is 13.7 Å². The summed E-state index contributed by atoms with van der Waals surface area (Å²) in [5.74, 6) is 2.26. The lowest BCUT2D eigenvalue weighted by molar-refractivity contribution is 0.284. The molecule has 6 nitrogen and oxygen atoms in total. The van der Waals surface area contributed by atoms with Gasteiger partial charge in [-0.3, -0.25) is 5.10 Å². The van der Waals surface area contributed by atoms with Gasteiger partial charge in [-0.15, -0.1) is 0 Å². The third kappa shape index (κ3) is 5.05. The first-order valence-corrected chi connectivity index (χ1v) is 9.83. The van der Waals surface area contributed by atoms with Gasteiger partial charge in [0, 0.05) is 11.4 Å². The fourth-order valence-corrected chi connectivity index (χ4v) is 3.08. The highest BCUT2D eigenvalue weighted by molar-refractivity contribution is 7.71. The molecule has 0 saturated heterocycles. The minimum atomic E-state index is 0.440. The Morgan fingerprint density at radius 3 is 2.61 bits per heavy atom. The molecule has 0 saturated carbocycles. The van der Waals surface area contributed by atoms with E-state index in [2.05, 4.69) is 22.5 Å². The highest BCUT2D eigenvalue weighted by Crippen LogP contribution is 2.29. The molecular formula is C20H23ClN4O2S. The standard InChI is InChI=1S/C20H23ClN4O2S/c1-3-4-19-23-24-20(28)25(19)22-12-15-7-10-17(18(11-15)26-2)27-13-14-5-8-16(21)9-6-14/h5-11,22H,3-4,12-13H2,1-2H3,(H,24,28). The van der Waals surface area contributed by atoms with Crippen LogP contribution in [0.5, 0.6) is 11.5 Å². The van der Waals surface area contributed by atoms with Crippen LogP contribution in [0.25, 0.3) is 0 Å². The number of halogens is 1. The third-order valence-electron chi connectivity index (χ3n) is 4.19. The van der Waals surface area contributed by atoms with Crippen LogP contribution in [0.2, 0.25) is 5.02 Å². The lowest BCUT2D eigenvalue weighted by Gasteiger charge is -2.14. The zero-order chi connectivity index (χ0) is 19.9. The second-order valence-corrected chi connectivity index (χ2v) is 7.09. The summed E-state index contributed by atoms with van der Waals surface area (Å²) in [4.78, 5) is 0. The van der Waals surface area contributed by atoms with Crippen LogP contribution in [-0.4, -0.2) is 22.0 Å². The Bertz CT molecular complexity index is 969. The largest absolute Gasteiger partial charge is 0.493 e. The average molecular weight is 419 g/mol. The van der Waals surface area contributed by atoms with E-state index < -0.39 is 0 Å². The first-order valence-electron chi connectivity index (χ1n) is 9.05. The van der Waals surface area contributed by atoms with Crippen molar-refractivity contribution in [1.82, 2.24) is 14.9 Å². The lowest BCUT2D eigenvalue weighted by Crippen LogP contribution is -2.17. The molecule has 28 heavy (non-hydrogen) atoms. The minimum absolute atomic E-state index is 0.440. The molecule has 148 valence electrons. The van der Waals surface area contributed by atoms with Crippen LogP contribution in [0, 0.1) is 4.77 Å². The Balaban J connectivity index is 1.66. The van der Waals surface area contributed by atoms with E-state index in [1.54, 1.807) is 7.11 Å². The first kappa shape index (κ1) is 20.2. The zero-order valence-electron chi connectivity index (χ0n) is 15.9. The highest BCUT2D eigenvalue weighted by Gasteiger charge is 2.08. The molecule has 0 unspecified atom stereocenters. The molecule has 0 aliphatic carbocycles. The molecule has 1 aromatic heterocycles. The van der Waals surface area contributed by atoms with Gasteiger partial charge in [0.1, 0.15) is 6.61 Å². The van der Waals surface area contributed by atoms with Crippen LogP contribution < -0.4 is 14.9 Å². The summed E-state index contributed by atoms with van der Waals surface area (Å²) < 4.78 is 13.8. The van der Waals surface area contributed by atoms with Crippen molar-refractivity contribution in [2.24, 2.45) is 0 Å². The van der Waals surface area contributed by atoms with Crippen LogP contribution in [0.3, 0.4) is 0 Å². The number of aromatic amines is 1. The second kappa shape index (κ2) is 9.61. The second-order valence-electron chi connectivity index (χ2n) is 6.27. The molecule has 3 aromatic rings. The Morgan fingerprint density at radius 1 is 1.14 bits per heavy atom. The van der Waals surface area contributed by atoms with Crippen LogP contribution in [0.1, 0.15) is 30.3 Å². The van der Waals surface area contributed by atoms with Crippen LogP contribution in [0.4, 0.5) is 0 Å². The van der Waals surface area contributed by atoms with Gasteiger partial charge in [-0.05, 0) is 54.0 Å². The number of aryl methyl sites for hydroxylation is 1. The van der Waals surface area contributed by atoms with Crippen molar-refractivity contribution in [2.45, 2.75) is 32.9 Å². The molecule has 0 amide bonds. The summed E-state index contributed by atoms with van der Waals surface area (Å²) in [6, 6.07) is 13.4. The van der Waals surface area contributed by atoms with Crippen LogP contribution >= 0.6 is 23.8 Å². The predicted molar refractivity (Wildman–Crippen MR) is 113 cm³/mol. The maximum atomic E-state index is 5.92. The van der Waals surface area contributed by atoms with E-state index in [-0.39, 0.29) is 0 Å². The summed E-state index contributed by atoms with van der Waals surface area (Å²) in [7, 11) is 1.63. The van der Waals surface area contributed by atoms with Gasteiger partial charge in [-0.1, -0.05) is 36.7 Å². The van der Waals surface area contributed by atoms with Crippen molar-refractivity contribution < 1.29 is 9.47 Å². The molecule has 3 rings (SSSR count). The average Bonchev–Trinajstić information content (AvgIpc) is 3.06. The van der Waals surface area contributed by atoms with Crippen molar-refractivity contribution in [3.05, 3.63) is 69.2 Å². The number of benzene rings is 2. The lowest BCUT2D eigenvalue weighted by atomic mass is 10.2. The summed E-state index contributed by atoms with van der Waals surface area (Å²) in [5.41, 5.74) is 5.39. The van der Waals surface area contributed by atoms with Gasteiger partial charge in [0.2, 0.25) is 4.77 Å². The molecule has 1 heterocycles. The van der Waals surface area contributed by atoms with Gasteiger partial charge in [0.25, 0.3) is 0 Å². The number of methoxy groups -OCH3 is 1. The van der Waals surface area contributed by atoms with Crippen molar-refractivity contribution in [1.29, 1.82) is 0 Å². The smallest absolute Gasteiger partial charge is 0.214 e. The molecule has 2 aromatic carbocycles. The van der Waals surface area contributed by atoms with Crippen molar-refractivity contribution >= 4 is 23.8 Å². The predicted octanol–water partition coefficient (Wildman–Crippen LogP) is 4.88. The quantitative estimate of drug-likeness (QED) is 0.485. The van der Waals surface area contributed by atoms with Gasteiger partial charge in [-0.25, -0.2) is 4.68 Å². The number of hydrogen-bond donors (Lipinski definition) is 2. The van der Waals surface area contributed by atoms with E-state index in [0.29, 0.717) is 34.4 Å². The van der Waals surface area contributed by atoms with E-state index in [0.717, 1.165) is 29.8 Å². The highest BCUT2D eigenvalue weighted by atomic mass is 35.5. The molecular weight excluding hydrogens is 396 g/mol. The number of rotatable bonds is 9. The summed E-state index contributed by atoms with van der Waals surface area (Å²) >= 11 is 11.2. The van der Waals surface area contributed by atoms with E-state index in [1.807, 2.05) is 47.1 Å². The molecule has 0 radical (unpaired) electrons. The summed E-state index contributed by atoms with van der Waals surface area (Å²) in [6.07, 6.45) is 1.84. The molecule has 2 N–H and O–H groups in total. The molecule has 0 spiro atoms. The fraction of sp³-hybridized carbons (Fsp3) is 0.300. The molecule has 0 aliphatic rings. The molecule has 0 aliphatic heterocycles. The van der Waals surface area contributed by atoms with Crippen LogP contribution in [0.15, 0.2) is 42.5 Å². The van der Waals surface area contributed by atoms with Gasteiger partial charge >= 0.3 is 0 Å². The van der Waals surface area contributed by atoms with Gasteiger partial charge < -0.3 is 14.9 Å². The maximum Gasteiger partial charge on any atom is 0.214 e.